The highest BCUT2D eigenvalue weighted by Gasteiger charge is 2.86. The Morgan fingerprint density at radius 2 is 1.41 bits per heavy atom. The van der Waals surface area contributed by atoms with Crippen molar-refractivity contribution in [3.05, 3.63) is 0 Å². The molecule has 0 aromatic heterocycles. The number of hydrogen-bond acceptors (Lipinski definition) is 10. The van der Waals surface area contributed by atoms with Crippen LogP contribution in [0.5, 0.6) is 0 Å². The zero-order chi connectivity index (χ0) is 12.9. The average molecular weight is 272 g/mol. The maximum absolute atomic E-state index is 11.7. The minimum absolute atomic E-state index is 2.26. The van der Waals surface area contributed by atoms with Crippen LogP contribution in [0.2, 0.25) is 0 Å². The number of phosphoric ester groups is 1. The van der Waals surface area contributed by atoms with E-state index in [0.29, 0.717) is 0 Å². The Hall–Kier alpha value is -0.130. The van der Waals surface area contributed by atoms with Crippen molar-refractivity contribution in [3.63, 3.8) is 0 Å². The fourth-order valence-corrected chi connectivity index (χ4v) is 4.03. The van der Waals surface area contributed by atoms with Crippen LogP contribution in [-0.4, -0.2) is 66.3 Å². The van der Waals surface area contributed by atoms with Gasteiger partial charge in [-0.05, 0) is 0 Å². The molecule has 3 rings (SSSR count). The lowest BCUT2D eigenvalue weighted by Gasteiger charge is -2.52. The Morgan fingerprint density at radius 1 is 0.882 bits per heavy atom. The van der Waals surface area contributed by atoms with Crippen LogP contribution < -0.4 is 0 Å². The van der Waals surface area contributed by atoms with Crippen molar-refractivity contribution in [2.75, 3.05) is 0 Å². The van der Waals surface area contributed by atoms with Gasteiger partial charge in [-0.1, -0.05) is 0 Å². The standard InChI is InChI=1S/C6H9O10P/c7-1-2(8)5(11)6(12)3(9)4(1,10)14-17(13,15-5)16-6/h1-3,7-12H/t1-,2-,3+,4+,5+,6+,17?/m1/s1. The molecule has 0 radical (unpaired) electrons. The van der Waals surface area contributed by atoms with Gasteiger partial charge in [0, 0.05) is 0 Å². The maximum atomic E-state index is 11.7. The summed E-state index contributed by atoms with van der Waals surface area (Å²) in [5.41, 5.74) is 0. The van der Waals surface area contributed by atoms with Crippen LogP contribution in [0.15, 0.2) is 0 Å². The average Bonchev–Trinajstić information content (AvgIpc) is 2.37. The molecule has 1 unspecified atom stereocenters. The van der Waals surface area contributed by atoms with Gasteiger partial charge in [-0.2, -0.15) is 0 Å². The number of hydrogen-bond donors (Lipinski definition) is 6. The van der Waals surface area contributed by atoms with Crippen molar-refractivity contribution in [3.8, 4) is 0 Å². The lowest BCUT2D eigenvalue weighted by Crippen LogP contribution is -2.81. The van der Waals surface area contributed by atoms with Gasteiger partial charge in [0.05, 0.1) is 0 Å². The number of fused-ring (bicyclic) bond motifs is 2. The maximum Gasteiger partial charge on any atom is 0.483 e. The fraction of sp³-hybridized carbons (Fsp3) is 1.00. The molecule has 0 amide bonds. The van der Waals surface area contributed by atoms with E-state index in [1.54, 1.807) is 0 Å². The first-order valence-corrected chi connectivity index (χ1v) is 5.99. The second-order valence-corrected chi connectivity index (χ2v) is 5.60. The smallest absolute Gasteiger partial charge is 0.384 e. The Bertz CT molecular complexity index is 433. The molecule has 3 bridgehead atoms. The van der Waals surface area contributed by atoms with Crippen LogP contribution >= 0.6 is 7.82 Å². The molecule has 3 fully saturated rings. The van der Waals surface area contributed by atoms with E-state index in [2.05, 4.69) is 13.6 Å². The Morgan fingerprint density at radius 3 is 2.00 bits per heavy atom. The molecular formula is C6H9O10P. The molecule has 98 valence electrons. The summed E-state index contributed by atoms with van der Waals surface area (Å²) in [5, 5.41) is 58.0. The van der Waals surface area contributed by atoms with Crippen LogP contribution in [-0.2, 0) is 18.1 Å². The van der Waals surface area contributed by atoms with Gasteiger partial charge in [-0.25, -0.2) is 18.1 Å². The van der Waals surface area contributed by atoms with E-state index in [0.717, 1.165) is 0 Å². The number of rotatable bonds is 0. The summed E-state index contributed by atoms with van der Waals surface area (Å²) in [4.78, 5) is 0. The topological polar surface area (TPSA) is 166 Å². The molecule has 0 aromatic rings. The molecule has 11 heteroatoms. The van der Waals surface area contributed by atoms with E-state index in [9.17, 15) is 35.2 Å². The van der Waals surface area contributed by atoms with Gasteiger partial charge >= 0.3 is 7.82 Å². The van der Waals surface area contributed by atoms with E-state index < -0.39 is 43.5 Å². The van der Waals surface area contributed by atoms with Gasteiger partial charge in [0.25, 0.3) is 11.6 Å². The highest BCUT2D eigenvalue weighted by atomic mass is 31.2. The molecule has 2 heterocycles. The van der Waals surface area contributed by atoms with Crippen LogP contribution in [0.3, 0.4) is 0 Å². The van der Waals surface area contributed by atoms with Gasteiger partial charge in [0.2, 0.25) is 5.79 Å². The van der Waals surface area contributed by atoms with Crippen molar-refractivity contribution in [1.82, 2.24) is 0 Å². The molecule has 17 heavy (non-hydrogen) atoms. The van der Waals surface area contributed by atoms with E-state index in [-0.39, 0.29) is 0 Å². The zero-order valence-corrected chi connectivity index (χ0v) is 8.89. The lowest BCUT2D eigenvalue weighted by atomic mass is 9.77. The summed E-state index contributed by atoms with van der Waals surface area (Å²) in [6, 6.07) is 0. The summed E-state index contributed by atoms with van der Waals surface area (Å²) >= 11 is 0. The Kier molecular flexibility index (Phi) is 1.91. The SMILES string of the molecule is O=P12O[C@@]3(O)[C@H](O)[C@@H](O)[C@](O)(O1)[C@@](O)(O2)[C@H]3O. The third-order valence-corrected chi connectivity index (χ3v) is 4.68. The predicted molar refractivity (Wildman–Crippen MR) is 43.7 cm³/mol. The van der Waals surface area contributed by atoms with Gasteiger partial charge in [-0.3, -0.25) is 0 Å². The van der Waals surface area contributed by atoms with E-state index >= 15 is 0 Å². The highest BCUT2D eigenvalue weighted by Crippen LogP contribution is 2.73. The second-order valence-electron chi connectivity index (χ2n) is 4.16. The highest BCUT2D eigenvalue weighted by molar-refractivity contribution is 7.49. The largest absolute Gasteiger partial charge is 0.483 e. The molecule has 2 saturated heterocycles. The normalized spacial score (nSPS) is 69.6. The molecule has 0 aromatic carbocycles. The number of phosphoric acid groups is 1. The molecule has 3 aliphatic rings. The lowest BCUT2D eigenvalue weighted by molar-refractivity contribution is -0.447. The number of aliphatic hydroxyl groups is 6. The van der Waals surface area contributed by atoms with Crippen molar-refractivity contribution < 1.29 is 48.8 Å². The third kappa shape index (κ3) is 1.01. The molecule has 1 saturated carbocycles. The quantitative estimate of drug-likeness (QED) is 0.242. The summed E-state index contributed by atoms with van der Waals surface area (Å²) in [6.07, 6.45) is -6.97. The molecule has 2 aliphatic heterocycles. The summed E-state index contributed by atoms with van der Waals surface area (Å²) < 4.78 is 24.7. The van der Waals surface area contributed by atoms with Gasteiger partial charge < -0.3 is 30.6 Å². The predicted octanol–water partition coefficient (Wildman–Crippen LogP) is -3.67. The van der Waals surface area contributed by atoms with Crippen molar-refractivity contribution >= 4 is 7.82 Å². The Balaban J connectivity index is 2.28. The van der Waals surface area contributed by atoms with Crippen LogP contribution in [0.25, 0.3) is 0 Å². The summed E-state index contributed by atoms with van der Waals surface area (Å²) in [5.74, 6) is -9.14. The summed E-state index contributed by atoms with van der Waals surface area (Å²) in [7, 11) is -4.61. The zero-order valence-electron chi connectivity index (χ0n) is 8.00. The molecule has 1 aliphatic carbocycles. The fourth-order valence-electron chi connectivity index (χ4n) is 2.20. The molecule has 10 nitrogen and oxygen atoms in total. The second kappa shape index (κ2) is 2.73. The molecule has 6 N–H and O–H groups in total. The van der Waals surface area contributed by atoms with Crippen molar-refractivity contribution in [1.29, 1.82) is 0 Å². The molecular weight excluding hydrogens is 263 g/mol. The first kappa shape index (κ1) is 11.9. The first-order valence-electron chi connectivity index (χ1n) is 4.53. The molecule has 7 atom stereocenters. The summed E-state index contributed by atoms with van der Waals surface area (Å²) in [6.45, 7) is 0. The van der Waals surface area contributed by atoms with E-state index in [1.807, 2.05) is 0 Å². The van der Waals surface area contributed by atoms with Crippen LogP contribution in [0.1, 0.15) is 0 Å². The molecule has 0 spiro atoms. The minimum Gasteiger partial charge on any atom is -0.384 e. The van der Waals surface area contributed by atoms with E-state index in [4.69, 9.17) is 0 Å². The van der Waals surface area contributed by atoms with Crippen molar-refractivity contribution in [2.24, 2.45) is 0 Å². The van der Waals surface area contributed by atoms with Gasteiger partial charge in [0.15, 0.2) is 6.10 Å². The monoisotopic (exact) mass is 272 g/mol. The minimum atomic E-state index is -4.61. The van der Waals surface area contributed by atoms with Crippen LogP contribution in [0, 0.1) is 0 Å². The number of aliphatic hydroxyl groups excluding tert-OH is 3. The first-order chi connectivity index (χ1) is 7.59. The third-order valence-electron chi connectivity index (χ3n) is 3.16. The van der Waals surface area contributed by atoms with Gasteiger partial charge in [0.1, 0.15) is 12.2 Å². The van der Waals surface area contributed by atoms with Crippen molar-refractivity contribution in [2.45, 2.75) is 35.7 Å². The van der Waals surface area contributed by atoms with Crippen LogP contribution in [0.4, 0.5) is 0 Å². The Labute approximate surface area is 93.2 Å². The van der Waals surface area contributed by atoms with Gasteiger partial charge in [-0.15, -0.1) is 0 Å². The van der Waals surface area contributed by atoms with E-state index in [1.165, 1.54) is 0 Å².